The van der Waals surface area contributed by atoms with Gasteiger partial charge in [-0.2, -0.15) is 13.2 Å². The molecule has 0 fully saturated rings. The summed E-state index contributed by atoms with van der Waals surface area (Å²) in [6.45, 7) is 5.57. The topological polar surface area (TPSA) is 37.8 Å². The predicted molar refractivity (Wildman–Crippen MR) is 99.1 cm³/mol. The lowest BCUT2D eigenvalue weighted by molar-refractivity contribution is -0.137. The van der Waals surface area contributed by atoms with Crippen LogP contribution in [0.4, 0.5) is 23.4 Å². The van der Waals surface area contributed by atoms with E-state index >= 15 is 0 Å². The molecular formula is C20H21F4N3. The fourth-order valence-electron chi connectivity index (χ4n) is 2.51. The van der Waals surface area contributed by atoms with Crippen molar-refractivity contribution < 1.29 is 17.6 Å². The molecule has 0 aliphatic rings. The number of benzene rings is 1. The average molecular weight is 379 g/mol. The molecule has 1 heterocycles. The van der Waals surface area contributed by atoms with Gasteiger partial charge in [0, 0.05) is 11.8 Å². The summed E-state index contributed by atoms with van der Waals surface area (Å²) in [5.74, 6) is 0.619. The van der Waals surface area contributed by atoms with Gasteiger partial charge in [-0.3, -0.25) is 0 Å². The van der Waals surface area contributed by atoms with Crippen molar-refractivity contribution >= 4 is 18.0 Å². The minimum absolute atomic E-state index is 0.406. The Hall–Kier alpha value is -2.70. The van der Waals surface area contributed by atoms with Crippen molar-refractivity contribution in [2.24, 2.45) is 0 Å². The fourth-order valence-corrected chi connectivity index (χ4v) is 2.51. The largest absolute Gasteiger partial charge is 0.416 e. The van der Waals surface area contributed by atoms with E-state index in [1.807, 2.05) is 0 Å². The summed E-state index contributed by atoms with van der Waals surface area (Å²) >= 11 is 0. The molecule has 0 saturated heterocycles. The van der Waals surface area contributed by atoms with E-state index in [9.17, 15) is 17.6 Å². The summed E-state index contributed by atoms with van der Waals surface area (Å²) in [6.07, 6.45) is 0.618. The van der Waals surface area contributed by atoms with Crippen LogP contribution in [-0.2, 0) is 12.6 Å². The second-order valence-corrected chi connectivity index (χ2v) is 5.90. The molecule has 0 aliphatic carbocycles. The first-order valence-corrected chi connectivity index (χ1v) is 8.49. The van der Waals surface area contributed by atoms with Crippen LogP contribution in [0.3, 0.4) is 0 Å². The third kappa shape index (κ3) is 5.64. The lowest BCUT2D eigenvalue weighted by Gasteiger charge is -2.10. The van der Waals surface area contributed by atoms with Gasteiger partial charge in [-0.15, -0.1) is 0 Å². The number of allylic oxidation sites excluding steroid dienone is 2. The predicted octanol–water partition coefficient (Wildman–Crippen LogP) is 3.91. The third-order valence-corrected chi connectivity index (χ3v) is 3.91. The summed E-state index contributed by atoms with van der Waals surface area (Å²) in [5, 5.41) is 4.27. The van der Waals surface area contributed by atoms with E-state index in [4.69, 9.17) is 0 Å². The SMILES string of the molecule is CC=C(F)C=c1c(NCCc2ccc(C(F)(F)F)cc2)nc(C)nc1=CC. The number of aryl methyl sites for hydroxylation is 1. The van der Waals surface area contributed by atoms with Gasteiger partial charge in [0.15, 0.2) is 0 Å². The van der Waals surface area contributed by atoms with Crippen LogP contribution >= 0.6 is 0 Å². The lowest BCUT2D eigenvalue weighted by Crippen LogP contribution is -2.33. The zero-order valence-corrected chi connectivity index (χ0v) is 15.4. The molecule has 0 radical (unpaired) electrons. The summed E-state index contributed by atoms with van der Waals surface area (Å²) < 4.78 is 51.6. The standard InChI is InChI=1S/C20H21F4N3/c1-4-16(21)12-17-18(5-2)26-13(3)27-19(17)25-11-10-14-6-8-15(9-7-14)20(22,23)24/h4-9,12H,10-11H2,1-3H3,(H,25,26,27). The Kier molecular flexibility index (Phi) is 6.71. The van der Waals surface area contributed by atoms with Gasteiger partial charge in [0.05, 0.1) is 10.9 Å². The molecule has 7 heteroatoms. The Bertz CT molecular complexity index is 929. The van der Waals surface area contributed by atoms with Crippen LogP contribution in [0.15, 0.2) is 36.2 Å². The maximum Gasteiger partial charge on any atom is 0.416 e. The number of rotatable bonds is 5. The molecule has 3 nitrogen and oxygen atoms in total. The molecule has 144 valence electrons. The van der Waals surface area contributed by atoms with Gasteiger partial charge in [0.2, 0.25) is 0 Å². The zero-order chi connectivity index (χ0) is 20.0. The monoisotopic (exact) mass is 379 g/mol. The van der Waals surface area contributed by atoms with Crippen LogP contribution in [0.1, 0.15) is 30.8 Å². The van der Waals surface area contributed by atoms with E-state index in [-0.39, 0.29) is 0 Å². The molecule has 0 aliphatic heterocycles. The van der Waals surface area contributed by atoms with E-state index in [1.54, 1.807) is 26.8 Å². The number of nitrogens with one attached hydrogen (secondary N) is 1. The van der Waals surface area contributed by atoms with Crippen LogP contribution in [0.5, 0.6) is 0 Å². The molecule has 0 unspecified atom stereocenters. The van der Waals surface area contributed by atoms with Crippen LogP contribution < -0.4 is 15.9 Å². The molecule has 1 aromatic carbocycles. The minimum Gasteiger partial charge on any atom is -0.369 e. The number of hydrogen-bond acceptors (Lipinski definition) is 3. The first-order valence-electron chi connectivity index (χ1n) is 8.49. The van der Waals surface area contributed by atoms with Gasteiger partial charge in [0.1, 0.15) is 17.5 Å². The molecular weight excluding hydrogens is 358 g/mol. The molecule has 1 aromatic heterocycles. The highest BCUT2D eigenvalue weighted by Gasteiger charge is 2.29. The Balaban J connectivity index is 2.21. The Labute approximate surface area is 155 Å². The van der Waals surface area contributed by atoms with Crippen molar-refractivity contribution in [3.8, 4) is 0 Å². The molecule has 1 N–H and O–H groups in total. The second-order valence-electron chi connectivity index (χ2n) is 5.90. The van der Waals surface area contributed by atoms with Gasteiger partial charge >= 0.3 is 6.18 Å². The maximum absolute atomic E-state index is 13.8. The number of hydrogen-bond donors (Lipinski definition) is 1. The summed E-state index contributed by atoms with van der Waals surface area (Å²) in [4.78, 5) is 8.63. The van der Waals surface area contributed by atoms with Crippen LogP contribution in [0.2, 0.25) is 0 Å². The van der Waals surface area contributed by atoms with E-state index in [0.29, 0.717) is 35.2 Å². The van der Waals surface area contributed by atoms with Gasteiger partial charge in [-0.05, 0) is 51.0 Å². The van der Waals surface area contributed by atoms with Crippen molar-refractivity contribution in [2.75, 3.05) is 11.9 Å². The number of anilines is 1. The third-order valence-electron chi connectivity index (χ3n) is 3.91. The first kappa shape index (κ1) is 20.6. The second kappa shape index (κ2) is 8.79. The summed E-state index contributed by atoms with van der Waals surface area (Å²) in [7, 11) is 0. The van der Waals surface area contributed by atoms with Gasteiger partial charge < -0.3 is 5.32 Å². The summed E-state index contributed by atoms with van der Waals surface area (Å²) in [5.41, 5.74) is 0.0844. The van der Waals surface area contributed by atoms with Crippen LogP contribution in [-0.4, -0.2) is 16.5 Å². The smallest absolute Gasteiger partial charge is 0.369 e. The highest BCUT2D eigenvalue weighted by Crippen LogP contribution is 2.29. The minimum atomic E-state index is -4.34. The molecule has 27 heavy (non-hydrogen) atoms. The fraction of sp³-hybridized carbons (Fsp3) is 0.300. The highest BCUT2D eigenvalue weighted by molar-refractivity contribution is 5.51. The first-order chi connectivity index (χ1) is 12.7. The summed E-state index contributed by atoms with van der Waals surface area (Å²) in [6, 6.07) is 5.03. The van der Waals surface area contributed by atoms with Crippen molar-refractivity contribution in [1.29, 1.82) is 0 Å². The van der Waals surface area contributed by atoms with Gasteiger partial charge in [-0.25, -0.2) is 14.4 Å². The van der Waals surface area contributed by atoms with Gasteiger partial charge in [-0.1, -0.05) is 24.3 Å². The molecule has 2 rings (SSSR count). The highest BCUT2D eigenvalue weighted by atomic mass is 19.4. The van der Waals surface area contributed by atoms with Crippen LogP contribution in [0.25, 0.3) is 12.2 Å². The van der Waals surface area contributed by atoms with Crippen molar-refractivity contribution in [3.63, 3.8) is 0 Å². The average Bonchev–Trinajstić information content (AvgIpc) is 2.62. The molecule has 0 bridgehead atoms. The maximum atomic E-state index is 13.8. The molecule has 0 amide bonds. The van der Waals surface area contributed by atoms with E-state index in [2.05, 4.69) is 15.3 Å². The van der Waals surface area contributed by atoms with Crippen molar-refractivity contribution in [2.45, 2.75) is 33.4 Å². The Morgan fingerprint density at radius 3 is 2.33 bits per heavy atom. The molecule has 0 spiro atoms. The van der Waals surface area contributed by atoms with E-state index < -0.39 is 17.6 Å². The molecule has 2 aromatic rings. The molecule has 0 saturated carbocycles. The number of nitrogens with zero attached hydrogens (tertiary/aromatic N) is 2. The van der Waals surface area contributed by atoms with Gasteiger partial charge in [0.25, 0.3) is 0 Å². The van der Waals surface area contributed by atoms with Crippen molar-refractivity contribution in [1.82, 2.24) is 9.97 Å². The van der Waals surface area contributed by atoms with Crippen LogP contribution in [0, 0.1) is 6.92 Å². The number of aromatic nitrogens is 2. The van der Waals surface area contributed by atoms with E-state index in [0.717, 1.165) is 17.7 Å². The van der Waals surface area contributed by atoms with E-state index in [1.165, 1.54) is 24.3 Å². The Morgan fingerprint density at radius 1 is 1.11 bits per heavy atom. The zero-order valence-electron chi connectivity index (χ0n) is 15.4. The number of halogens is 4. The normalized spacial score (nSPS) is 14.0. The number of alkyl halides is 3. The van der Waals surface area contributed by atoms with Crippen molar-refractivity contribution in [3.05, 3.63) is 63.7 Å². The Morgan fingerprint density at radius 2 is 1.78 bits per heavy atom. The quantitative estimate of drug-likeness (QED) is 0.801. The lowest BCUT2D eigenvalue weighted by atomic mass is 10.1. The molecule has 0 atom stereocenters.